The number of carboxylic acids is 1. The summed E-state index contributed by atoms with van der Waals surface area (Å²) in [5.74, 6) is -0.0935. The van der Waals surface area contributed by atoms with Crippen LogP contribution >= 0.6 is 0 Å². The molecule has 6 nitrogen and oxygen atoms in total. The number of carboxylic acid groups (broad SMARTS) is 1. The monoisotopic (exact) mass is 369 g/mol. The van der Waals surface area contributed by atoms with Crippen LogP contribution in [0, 0.1) is 12.8 Å². The van der Waals surface area contributed by atoms with Crippen molar-refractivity contribution in [3.05, 3.63) is 59.7 Å². The first-order valence-corrected chi connectivity index (χ1v) is 8.93. The van der Waals surface area contributed by atoms with E-state index in [0.717, 1.165) is 17.1 Å². The van der Waals surface area contributed by atoms with Gasteiger partial charge in [-0.2, -0.15) is 0 Å². The molecule has 1 N–H and O–H groups in total. The molecule has 0 aromatic heterocycles. The van der Waals surface area contributed by atoms with E-state index in [0.29, 0.717) is 19.8 Å². The average molecular weight is 369 g/mol. The number of amides is 1. The minimum absolute atomic E-state index is 0.0809. The molecule has 1 aliphatic heterocycles. The Balaban J connectivity index is 1.43. The molecule has 6 heteroatoms. The standard InChI is InChI=1S/C21H23NO5/c1-15-2-6-18(7-3-15)26-10-11-27-19-8-4-16(5-9-19)13-22-14-17(21(24)25)12-20(22)23/h2-9,17H,10-14H2,1H3,(H,24,25). The van der Waals surface area contributed by atoms with Crippen LogP contribution in [0.4, 0.5) is 0 Å². The lowest BCUT2D eigenvalue weighted by Gasteiger charge is -2.16. The minimum Gasteiger partial charge on any atom is -0.490 e. The predicted octanol–water partition coefficient (Wildman–Crippen LogP) is 2.89. The van der Waals surface area contributed by atoms with Crippen molar-refractivity contribution in [2.45, 2.75) is 19.9 Å². The Morgan fingerprint density at radius 3 is 2.11 bits per heavy atom. The normalized spacial score (nSPS) is 16.4. The zero-order valence-electron chi connectivity index (χ0n) is 15.3. The van der Waals surface area contributed by atoms with Gasteiger partial charge in [-0.1, -0.05) is 29.8 Å². The summed E-state index contributed by atoms with van der Waals surface area (Å²) in [5, 5.41) is 9.03. The van der Waals surface area contributed by atoms with Gasteiger partial charge in [0.2, 0.25) is 5.91 Å². The molecule has 0 bridgehead atoms. The van der Waals surface area contributed by atoms with Crippen molar-refractivity contribution in [1.29, 1.82) is 0 Å². The quantitative estimate of drug-likeness (QED) is 0.724. The van der Waals surface area contributed by atoms with E-state index < -0.39 is 11.9 Å². The van der Waals surface area contributed by atoms with E-state index in [1.807, 2.05) is 55.5 Å². The fourth-order valence-corrected chi connectivity index (χ4v) is 2.96. The molecule has 2 aromatic rings. The zero-order chi connectivity index (χ0) is 19.2. The van der Waals surface area contributed by atoms with Gasteiger partial charge in [-0.25, -0.2) is 0 Å². The van der Waals surface area contributed by atoms with E-state index in [-0.39, 0.29) is 18.9 Å². The first-order valence-electron chi connectivity index (χ1n) is 8.93. The molecule has 0 radical (unpaired) electrons. The van der Waals surface area contributed by atoms with Gasteiger partial charge < -0.3 is 19.5 Å². The Morgan fingerprint density at radius 1 is 1.04 bits per heavy atom. The van der Waals surface area contributed by atoms with Crippen LogP contribution in [0.15, 0.2) is 48.5 Å². The van der Waals surface area contributed by atoms with Crippen LogP contribution in [0.3, 0.4) is 0 Å². The molecular weight excluding hydrogens is 346 g/mol. The number of benzene rings is 2. The van der Waals surface area contributed by atoms with E-state index >= 15 is 0 Å². The van der Waals surface area contributed by atoms with Crippen LogP contribution in [-0.2, 0) is 16.1 Å². The fraction of sp³-hybridized carbons (Fsp3) is 0.333. The molecule has 1 atom stereocenters. The second-order valence-corrected chi connectivity index (χ2v) is 6.67. The SMILES string of the molecule is Cc1ccc(OCCOc2ccc(CN3CC(C(=O)O)CC3=O)cc2)cc1. The Morgan fingerprint density at radius 2 is 1.59 bits per heavy atom. The Hall–Kier alpha value is -3.02. The summed E-state index contributed by atoms with van der Waals surface area (Å²) >= 11 is 0. The second-order valence-electron chi connectivity index (χ2n) is 6.67. The van der Waals surface area contributed by atoms with Crippen molar-refractivity contribution in [3.63, 3.8) is 0 Å². The van der Waals surface area contributed by atoms with Crippen LogP contribution in [-0.4, -0.2) is 41.6 Å². The molecule has 0 saturated carbocycles. The van der Waals surface area contributed by atoms with Crippen molar-refractivity contribution >= 4 is 11.9 Å². The number of hydrogen-bond donors (Lipinski definition) is 1. The highest BCUT2D eigenvalue weighted by Crippen LogP contribution is 2.21. The van der Waals surface area contributed by atoms with E-state index in [1.54, 1.807) is 4.90 Å². The Labute approximate surface area is 158 Å². The molecule has 0 spiro atoms. The van der Waals surface area contributed by atoms with Crippen molar-refractivity contribution in [2.75, 3.05) is 19.8 Å². The maximum Gasteiger partial charge on any atom is 0.308 e. The highest BCUT2D eigenvalue weighted by atomic mass is 16.5. The van der Waals surface area contributed by atoms with E-state index in [4.69, 9.17) is 14.6 Å². The topological polar surface area (TPSA) is 76.1 Å². The van der Waals surface area contributed by atoms with Gasteiger partial charge in [-0.15, -0.1) is 0 Å². The molecule has 2 aromatic carbocycles. The van der Waals surface area contributed by atoms with Crippen LogP contribution in [0.5, 0.6) is 11.5 Å². The van der Waals surface area contributed by atoms with Gasteiger partial charge in [0.15, 0.2) is 0 Å². The van der Waals surface area contributed by atoms with Gasteiger partial charge >= 0.3 is 5.97 Å². The van der Waals surface area contributed by atoms with Gasteiger partial charge in [-0.3, -0.25) is 9.59 Å². The van der Waals surface area contributed by atoms with Crippen LogP contribution in [0.25, 0.3) is 0 Å². The Bertz CT molecular complexity index is 785. The molecule has 1 unspecified atom stereocenters. The van der Waals surface area contributed by atoms with Gasteiger partial charge in [0.1, 0.15) is 24.7 Å². The van der Waals surface area contributed by atoms with Crippen molar-refractivity contribution < 1.29 is 24.2 Å². The third-order valence-electron chi connectivity index (χ3n) is 4.50. The highest BCUT2D eigenvalue weighted by molar-refractivity contribution is 5.86. The van der Waals surface area contributed by atoms with Crippen molar-refractivity contribution in [2.24, 2.45) is 5.92 Å². The number of aliphatic carboxylic acids is 1. The van der Waals surface area contributed by atoms with Crippen LogP contribution in [0.2, 0.25) is 0 Å². The molecule has 1 saturated heterocycles. The van der Waals surface area contributed by atoms with Gasteiger partial charge in [-0.05, 0) is 36.8 Å². The summed E-state index contributed by atoms with van der Waals surface area (Å²) in [6, 6.07) is 15.3. The van der Waals surface area contributed by atoms with Crippen molar-refractivity contribution in [3.8, 4) is 11.5 Å². The number of aryl methyl sites for hydroxylation is 1. The average Bonchev–Trinajstić information content (AvgIpc) is 3.02. The number of ether oxygens (including phenoxy) is 2. The first kappa shape index (κ1) is 18.8. The molecular formula is C21H23NO5. The minimum atomic E-state index is -0.914. The maximum absolute atomic E-state index is 11.9. The summed E-state index contributed by atoms with van der Waals surface area (Å²) in [5.41, 5.74) is 2.13. The summed E-state index contributed by atoms with van der Waals surface area (Å²) in [7, 11) is 0. The number of carbonyl (C=O) groups is 2. The number of carbonyl (C=O) groups excluding carboxylic acids is 1. The Kier molecular flexibility index (Phi) is 5.96. The third-order valence-corrected chi connectivity index (χ3v) is 4.50. The molecule has 142 valence electrons. The largest absolute Gasteiger partial charge is 0.490 e. The third kappa shape index (κ3) is 5.23. The van der Waals surface area contributed by atoms with Crippen LogP contribution in [0.1, 0.15) is 17.5 Å². The number of likely N-dealkylation sites (tertiary alicyclic amines) is 1. The lowest BCUT2D eigenvalue weighted by molar-refractivity contribution is -0.141. The van der Waals surface area contributed by atoms with E-state index in [1.165, 1.54) is 5.56 Å². The second kappa shape index (κ2) is 8.58. The van der Waals surface area contributed by atoms with E-state index in [9.17, 15) is 9.59 Å². The van der Waals surface area contributed by atoms with Gasteiger partial charge in [0.05, 0.1) is 5.92 Å². The molecule has 3 rings (SSSR count). The zero-order valence-corrected chi connectivity index (χ0v) is 15.3. The van der Waals surface area contributed by atoms with Gasteiger partial charge in [0, 0.05) is 19.5 Å². The summed E-state index contributed by atoms with van der Waals surface area (Å²) in [4.78, 5) is 24.5. The number of hydrogen-bond acceptors (Lipinski definition) is 4. The summed E-state index contributed by atoms with van der Waals surface area (Å²) in [6.07, 6.45) is 0.0809. The van der Waals surface area contributed by atoms with E-state index in [2.05, 4.69) is 0 Å². The van der Waals surface area contributed by atoms with Gasteiger partial charge in [0.25, 0.3) is 0 Å². The highest BCUT2D eigenvalue weighted by Gasteiger charge is 2.33. The van der Waals surface area contributed by atoms with Crippen LogP contribution < -0.4 is 9.47 Å². The predicted molar refractivity (Wildman–Crippen MR) is 99.8 cm³/mol. The molecule has 1 heterocycles. The molecule has 1 fully saturated rings. The number of nitrogens with zero attached hydrogens (tertiary/aromatic N) is 1. The number of rotatable bonds is 8. The maximum atomic E-state index is 11.9. The first-order chi connectivity index (χ1) is 13.0. The fourth-order valence-electron chi connectivity index (χ4n) is 2.96. The molecule has 0 aliphatic carbocycles. The summed E-state index contributed by atoms with van der Waals surface area (Å²) in [6.45, 7) is 3.59. The smallest absolute Gasteiger partial charge is 0.308 e. The molecule has 1 amide bonds. The summed E-state index contributed by atoms with van der Waals surface area (Å²) < 4.78 is 11.3. The van der Waals surface area contributed by atoms with Crippen molar-refractivity contribution in [1.82, 2.24) is 4.90 Å². The molecule has 1 aliphatic rings. The lowest BCUT2D eigenvalue weighted by atomic mass is 10.1. The lowest BCUT2D eigenvalue weighted by Crippen LogP contribution is -2.25. The molecule has 27 heavy (non-hydrogen) atoms.